The van der Waals surface area contributed by atoms with Crippen LogP contribution in [-0.4, -0.2) is 36.6 Å². The number of likely N-dealkylation sites (N-methyl/N-ethyl adjacent to an activating group) is 1. The van der Waals surface area contributed by atoms with Crippen LogP contribution in [0.15, 0.2) is 0 Å². The van der Waals surface area contributed by atoms with E-state index in [9.17, 15) is 4.79 Å². The maximum absolute atomic E-state index is 11.2. The van der Waals surface area contributed by atoms with Crippen molar-refractivity contribution in [2.45, 2.75) is 26.5 Å². The van der Waals surface area contributed by atoms with Gasteiger partial charge in [-0.3, -0.25) is 9.69 Å². The number of nitrogens with zero attached hydrogens (tertiary/aromatic N) is 1. The van der Waals surface area contributed by atoms with Crippen molar-refractivity contribution in [3.05, 3.63) is 0 Å². The fourth-order valence-corrected chi connectivity index (χ4v) is 1.38. The molecule has 1 aliphatic heterocycles. The average Bonchev–Trinajstić information content (AvgIpc) is 2.34. The van der Waals surface area contributed by atoms with Gasteiger partial charge in [-0.2, -0.15) is 0 Å². The third-order valence-corrected chi connectivity index (χ3v) is 1.98. The molecular weight excluding hydrogens is 142 g/mol. The predicted molar refractivity (Wildman–Crippen MR) is 42.3 cm³/mol. The van der Waals surface area contributed by atoms with Crippen molar-refractivity contribution < 1.29 is 9.53 Å². The van der Waals surface area contributed by atoms with Crippen LogP contribution < -0.4 is 0 Å². The SMILES string of the molecule is CCOC1C(=O)CCN1CC. The molecular formula is C8H15NO2. The smallest absolute Gasteiger partial charge is 0.177 e. The highest BCUT2D eigenvalue weighted by molar-refractivity contribution is 5.84. The molecule has 1 unspecified atom stereocenters. The number of ether oxygens (including phenoxy) is 1. The summed E-state index contributed by atoms with van der Waals surface area (Å²) in [5.74, 6) is 0.230. The Balaban J connectivity index is 2.49. The van der Waals surface area contributed by atoms with Gasteiger partial charge in [0.05, 0.1) is 0 Å². The first-order valence-corrected chi connectivity index (χ1v) is 4.18. The highest BCUT2D eigenvalue weighted by Crippen LogP contribution is 2.13. The Labute approximate surface area is 67.3 Å². The molecule has 3 heteroatoms. The predicted octanol–water partition coefficient (Wildman–Crippen LogP) is 0.644. The lowest BCUT2D eigenvalue weighted by Crippen LogP contribution is -2.35. The lowest BCUT2D eigenvalue weighted by atomic mass is 10.3. The van der Waals surface area contributed by atoms with E-state index in [-0.39, 0.29) is 12.0 Å². The summed E-state index contributed by atoms with van der Waals surface area (Å²) >= 11 is 0. The monoisotopic (exact) mass is 157 g/mol. The number of Topliss-reactive ketones (excluding diaryl/α,β-unsaturated/α-hetero) is 1. The highest BCUT2D eigenvalue weighted by atomic mass is 16.5. The Hall–Kier alpha value is -0.410. The minimum absolute atomic E-state index is 0.230. The molecule has 1 heterocycles. The zero-order chi connectivity index (χ0) is 8.27. The van der Waals surface area contributed by atoms with Gasteiger partial charge in [0.25, 0.3) is 0 Å². The minimum Gasteiger partial charge on any atom is -0.356 e. The van der Waals surface area contributed by atoms with Gasteiger partial charge in [0.15, 0.2) is 12.0 Å². The Morgan fingerprint density at radius 3 is 2.91 bits per heavy atom. The van der Waals surface area contributed by atoms with Crippen LogP contribution in [0.1, 0.15) is 20.3 Å². The second kappa shape index (κ2) is 3.83. The number of rotatable bonds is 3. The summed E-state index contributed by atoms with van der Waals surface area (Å²) in [7, 11) is 0. The number of hydrogen-bond donors (Lipinski definition) is 0. The minimum atomic E-state index is -0.245. The van der Waals surface area contributed by atoms with Crippen molar-refractivity contribution in [2.24, 2.45) is 0 Å². The summed E-state index contributed by atoms with van der Waals surface area (Å²) < 4.78 is 5.29. The second-order valence-electron chi connectivity index (χ2n) is 2.65. The molecule has 0 amide bonds. The molecule has 1 rings (SSSR count). The van der Waals surface area contributed by atoms with Crippen LogP contribution in [0.25, 0.3) is 0 Å². The molecule has 0 N–H and O–H groups in total. The van der Waals surface area contributed by atoms with Crippen LogP contribution >= 0.6 is 0 Å². The van der Waals surface area contributed by atoms with Crippen LogP contribution in [0.5, 0.6) is 0 Å². The van der Waals surface area contributed by atoms with Gasteiger partial charge in [-0.05, 0) is 13.5 Å². The molecule has 0 aromatic rings. The Morgan fingerprint density at radius 1 is 1.64 bits per heavy atom. The van der Waals surface area contributed by atoms with Gasteiger partial charge < -0.3 is 4.74 Å². The lowest BCUT2D eigenvalue weighted by molar-refractivity contribution is -0.134. The quantitative estimate of drug-likeness (QED) is 0.602. The molecule has 0 radical (unpaired) electrons. The maximum Gasteiger partial charge on any atom is 0.177 e. The van der Waals surface area contributed by atoms with Crippen LogP contribution in [0.4, 0.5) is 0 Å². The molecule has 3 nitrogen and oxygen atoms in total. The number of carbonyl (C=O) groups excluding carboxylic acids is 1. The molecule has 0 aromatic heterocycles. The van der Waals surface area contributed by atoms with Crippen molar-refractivity contribution in [3.63, 3.8) is 0 Å². The third-order valence-electron chi connectivity index (χ3n) is 1.98. The van der Waals surface area contributed by atoms with Gasteiger partial charge in [-0.1, -0.05) is 6.92 Å². The van der Waals surface area contributed by atoms with E-state index in [1.807, 2.05) is 13.8 Å². The lowest BCUT2D eigenvalue weighted by Gasteiger charge is -2.20. The van der Waals surface area contributed by atoms with E-state index in [0.717, 1.165) is 13.1 Å². The third kappa shape index (κ3) is 1.79. The summed E-state index contributed by atoms with van der Waals surface area (Å²) in [6.07, 6.45) is 0.406. The fraction of sp³-hybridized carbons (Fsp3) is 0.875. The topological polar surface area (TPSA) is 29.5 Å². The van der Waals surface area contributed by atoms with E-state index < -0.39 is 0 Å². The number of hydrogen-bond acceptors (Lipinski definition) is 3. The van der Waals surface area contributed by atoms with Crippen molar-refractivity contribution in [3.8, 4) is 0 Å². The molecule has 0 bridgehead atoms. The van der Waals surface area contributed by atoms with E-state index in [1.165, 1.54) is 0 Å². The number of ketones is 1. The molecule has 64 valence electrons. The Morgan fingerprint density at radius 2 is 2.36 bits per heavy atom. The van der Waals surface area contributed by atoms with Crippen LogP contribution in [0.2, 0.25) is 0 Å². The second-order valence-corrected chi connectivity index (χ2v) is 2.65. The molecule has 1 atom stereocenters. The molecule has 1 fully saturated rings. The van der Waals surface area contributed by atoms with Gasteiger partial charge >= 0.3 is 0 Å². The van der Waals surface area contributed by atoms with Crippen molar-refractivity contribution in [2.75, 3.05) is 19.7 Å². The Kier molecular flexibility index (Phi) is 3.02. The normalized spacial score (nSPS) is 26.4. The molecule has 0 aliphatic carbocycles. The molecule has 0 aromatic carbocycles. The van der Waals surface area contributed by atoms with E-state index in [0.29, 0.717) is 13.0 Å². The van der Waals surface area contributed by atoms with Crippen LogP contribution in [-0.2, 0) is 9.53 Å². The standard InChI is InChI=1S/C8H15NO2/c1-3-9-6-5-7(10)8(9)11-4-2/h8H,3-6H2,1-2H3. The average molecular weight is 157 g/mol. The van der Waals surface area contributed by atoms with Crippen molar-refractivity contribution in [1.82, 2.24) is 4.90 Å². The van der Waals surface area contributed by atoms with E-state index in [1.54, 1.807) is 0 Å². The number of carbonyl (C=O) groups is 1. The summed E-state index contributed by atoms with van der Waals surface area (Å²) in [5.41, 5.74) is 0. The molecule has 1 saturated heterocycles. The summed E-state index contributed by atoms with van der Waals surface area (Å²) in [4.78, 5) is 13.2. The first-order valence-electron chi connectivity index (χ1n) is 4.18. The van der Waals surface area contributed by atoms with E-state index >= 15 is 0 Å². The zero-order valence-electron chi connectivity index (χ0n) is 7.17. The van der Waals surface area contributed by atoms with Gasteiger partial charge in [-0.25, -0.2) is 0 Å². The first-order chi connectivity index (χ1) is 5.29. The summed E-state index contributed by atoms with van der Waals surface area (Å²) in [6, 6.07) is 0. The van der Waals surface area contributed by atoms with Crippen LogP contribution in [0, 0.1) is 0 Å². The largest absolute Gasteiger partial charge is 0.356 e. The maximum atomic E-state index is 11.2. The van der Waals surface area contributed by atoms with Gasteiger partial charge in [-0.15, -0.1) is 0 Å². The van der Waals surface area contributed by atoms with Gasteiger partial charge in [0, 0.05) is 19.6 Å². The van der Waals surface area contributed by atoms with Crippen molar-refractivity contribution >= 4 is 5.78 Å². The molecule has 0 saturated carbocycles. The van der Waals surface area contributed by atoms with Gasteiger partial charge in [0.2, 0.25) is 0 Å². The zero-order valence-corrected chi connectivity index (χ0v) is 7.17. The van der Waals surface area contributed by atoms with E-state index in [4.69, 9.17) is 4.74 Å². The molecule has 1 aliphatic rings. The summed E-state index contributed by atoms with van der Waals surface area (Å²) in [6.45, 7) is 6.34. The van der Waals surface area contributed by atoms with Crippen molar-refractivity contribution in [1.29, 1.82) is 0 Å². The van der Waals surface area contributed by atoms with Gasteiger partial charge in [0.1, 0.15) is 0 Å². The van der Waals surface area contributed by atoms with Crippen LogP contribution in [0.3, 0.4) is 0 Å². The highest BCUT2D eigenvalue weighted by Gasteiger charge is 2.31. The molecule has 0 spiro atoms. The molecule has 11 heavy (non-hydrogen) atoms. The van der Waals surface area contributed by atoms with E-state index in [2.05, 4.69) is 4.90 Å². The number of likely N-dealkylation sites (tertiary alicyclic amines) is 1. The fourth-order valence-electron chi connectivity index (χ4n) is 1.38. The Bertz CT molecular complexity index is 147. The summed E-state index contributed by atoms with van der Waals surface area (Å²) in [5, 5.41) is 0. The first kappa shape index (κ1) is 8.68.